The molecular formula is C32H43ClN6O4. The lowest BCUT2D eigenvalue weighted by Gasteiger charge is -2.46. The number of benzene rings is 2. The maximum Gasteiger partial charge on any atom is 0.246 e. The van der Waals surface area contributed by atoms with Crippen LogP contribution >= 0.6 is 11.6 Å². The number of nitrogens with zero attached hydrogens (tertiary/aromatic N) is 3. The molecule has 0 spiro atoms. The maximum absolute atomic E-state index is 13.7. The van der Waals surface area contributed by atoms with Gasteiger partial charge in [0.25, 0.3) is 0 Å². The first-order chi connectivity index (χ1) is 20.4. The molecule has 2 aliphatic heterocycles. The maximum atomic E-state index is 13.7. The number of hydrogen-bond acceptors (Lipinski definition) is 6. The Morgan fingerprint density at radius 1 is 1.05 bits per heavy atom. The first-order valence-electron chi connectivity index (χ1n) is 14.8. The van der Waals surface area contributed by atoms with Gasteiger partial charge in [0.2, 0.25) is 23.6 Å². The average molecular weight is 611 g/mol. The standard InChI is InChI=1S/C32H43ClN6O4/c1-21-17-24(9-10-25(21)33)35-30(42)26(13-14-34)36-31(43)27-18-22-7-5-6-8-23(22)19-38(27)28(40)11-12-29(41)39-16-15-37(4)20-32(39,2)3/h5-10,17,26-27H,11-16,18-20,34H2,1-4H3,(H,35,42)(H,36,43)/t26-,27-/m0/s1. The van der Waals surface area contributed by atoms with Crippen LogP contribution < -0.4 is 16.4 Å². The highest BCUT2D eigenvalue weighted by atomic mass is 35.5. The number of halogens is 1. The van der Waals surface area contributed by atoms with Gasteiger partial charge < -0.3 is 31.1 Å². The largest absolute Gasteiger partial charge is 0.342 e. The minimum absolute atomic E-state index is 0.00413. The summed E-state index contributed by atoms with van der Waals surface area (Å²) in [5.41, 5.74) is 8.77. The predicted molar refractivity (Wildman–Crippen MR) is 167 cm³/mol. The molecule has 0 saturated carbocycles. The average Bonchev–Trinajstić information content (AvgIpc) is 2.96. The summed E-state index contributed by atoms with van der Waals surface area (Å²) in [5, 5.41) is 6.27. The van der Waals surface area contributed by atoms with E-state index in [9.17, 15) is 19.2 Å². The first-order valence-corrected chi connectivity index (χ1v) is 15.2. The number of piperazine rings is 1. The summed E-state index contributed by atoms with van der Waals surface area (Å²) in [7, 11) is 2.03. The third-order valence-electron chi connectivity index (χ3n) is 8.33. The number of carbonyl (C=O) groups is 4. The van der Waals surface area contributed by atoms with Gasteiger partial charge in [0.05, 0.1) is 0 Å². The van der Waals surface area contributed by atoms with Gasteiger partial charge in [-0.15, -0.1) is 0 Å². The van der Waals surface area contributed by atoms with E-state index < -0.39 is 23.9 Å². The molecule has 0 unspecified atom stereocenters. The van der Waals surface area contributed by atoms with E-state index in [1.54, 1.807) is 23.1 Å². The van der Waals surface area contributed by atoms with E-state index in [4.69, 9.17) is 17.3 Å². The number of anilines is 1. The zero-order valence-electron chi connectivity index (χ0n) is 25.5. The zero-order chi connectivity index (χ0) is 31.3. The molecule has 0 aliphatic carbocycles. The molecule has 232 valence electrons. The van der Waals surface area contributed by atoms with Crippen LogP contribution in [0.5, 0.6) is 0 Å². The van der Waals surface area contributed by atoms with Gasteiger partial charge in [0.1, 0.15) is 12.1 Å². The second kappa shape index (κ2) is 13.9. The lowest BCUT2D eigenvalue weighted by molar-refractivity contribution is -0.146. The summed E-state index contributed by atoms with van der Waals surface area (Å²) in [6.45, 7) is 8.48. The molecule has 1 saturated heterocycles. The van der Waals surface area contributed by atoms with E-state index in [1.165, 1.54) is 0 Å². The van der Waals surface area contributed by atoms with Crippen molar-refractivity contribution in [2.75, 3.05) is 38.5 Å². The number of rotatable bonds is 9. The Hall–Kier alpha value is -3.47. The Kier molecular flexibility index (Phi) is 10.5. The van der Waals surface area contributed by atoms with Crippen LogP contribution in [-0.2, 0) is 32.1 Å². The van der Waals surface area contributed by atoms with Gasteiger partial charge in [-0.05, 0) is 75.7 Å². The lowest BCUT2D eigenvalue weighted by Crippen LogP contribution is -2.60. The van der Waals surface area contributed by atoms with Crippen LogP contribution in [0, 0.1) is 6.92 Å². The van der Waals surface area contributed by atoms with Crippen LogP contribution in [0.3, 0.4) is 0 Å². The monoisotopic (exact) mass is 610 g/mol. The van der Waals surface area contributed by atoms with Crippen molar-refractivity contribution in [2.45, 2.75) is 70.6 Å². The highest BCUT2D eigenvalue weighted by Crippen LogP contribution is 2.26. The Labute approximate surface area is 258 Å². The summed E-state index contributed by atoms with van der Waals surface area (Å²) in [4.78, 5) is 59.3. The number of carbonyl (C=O) groups excluding carboxylic acids is 4. The molecule has 0 radical (unpaired) electrons. The summed E-state index contributed by atoms with van der Waals surface area (Å²) < 4.78 is 0. The van der Waals surface area contributed by atoms with E-state index in [2.05, 4.69) is 15.5 Å². The number of aryl methyl sites for hydroxylation is 1. The van der Waals surface area contributed by atoms with Gasteiger partial charge >= 0.3 is 0 Å². The van der Waals surface area contributed by atoms with Crippen molar-refractivity contribution in [1.82, 2.24) is 20.0 Å². The molecule has 1 fully saturated rings. The Balaban J connectivity index is 1.47. The lowest BCUT2D eigenvalue weighted by atomic mass is 9.92. The number of nitrogens with one attached hydrogen (secondary N) is 2. The van der Waals surface area contributed by atoms with E-state index in [-0.39, 0.29) is 49.7 Å². The van der Waals surface area contributed by atoms with Crippen molar-refractivity contribution < 1.29 is 19.2 Å². The number of likely N-dealkylation sites (N-methyl/N-ethyl adjacent to an activating group) is 1. The molecule has 0 aromatic heterocycles. The molecule has 11 heteroatoms. The van der Waals surface area contributed by atoms with Crippen LogP contribution in [0.1, 0.15) is 49.8 Å². The molecule has 10 nitrogen and oxygen atoms in total. The molecular weight excluding hydrogens is 568 g/mol. The van der Waals surface area contributed by atoms with Gasteiger partial charge in [-0.25, -0.2) is 0 Å². The molecule has 2 aromatic carbocycles. The molecule has 2 atom stereocenters. The first kappa shape index (κ1) is 32.4. The predicted octanol–water partition coefficient (Wildman–Crippen LogP) is 2.71. The fourth-order valence-electron chi connectivity index (χ4n) is 6.03. The molecule has 2 heterocycles. The number of amides is 4. The van der Waals surface area contributed by atoms with Crippen molar-refractivity contribution in [3.05, 3.63) is 64.2 Å². The van der Waals surface area contributed by atoms with Crippen LogP contribution in [0.15, 0.2) is 42.5 Å². The molecule has 43 heavy (non-hydrogen) atoms. The number of fused-ring (bicyclic) bond motifs is 1. The fraction of sp³-hybridized carbons (Fsp3) is 0.500. The minimum atomic E-state index is -0.899. The summed E-state index contributed by atoms with van der Waals surface area (Å²) in [5.74, 6) is -1.18. The Bertz CT molecular complexity index is 1370. The second-order valence-corrected chi connectivity index (χ2v) is 12.6. The van der Waals surface area contributed by atoms with Gasteiger partial charge in [0, 0.05) is 61.7 Å². The van der Waals surface area contributed by atoms with Gasteiger partial charge in [-0.3, -0.25) is 19.2 Å². The van der Waals surface area contributed by atoms with Crippen LogP contribution in [0.4, 0.5) is 5.69 Å². The van der Waals surface area contributed by atoms with E-state index in [1.807, 2.05) is 57.0 Å². The van der Waals surface area contributed by atoms with Crippen molar-refractivity contribution >= 4 is 40.9 Å². The smallest absolute Gasteiger partial charge is 0.246 e. The minimum Gasteiger partial charge on any atom is -0.342 e. The summed E-state index contributed by atoms with van der Waals surface area (Å²) in [6.07, 6.45) is 0.588. The molecule has 2 aliphatic rings. The van der Waals surface area contributed by atoms with E-state index in [0.29, 0.717) is 23.7 Å². The molecule has 4 rings (SSSR count). The van der Waals surface area contributed by atoms with Crippen molar-refractivity contribution in [1.29, 1.82) is 0 Å². The molecule has 4 amide bonds. The van der Waals surface area contributed by atoms with Crippen LogP contribution in [-0.4, -0.2) is 89.2 Å². The molecule has 4 N–H and O–H groups in total. The zero-order valence-corrected chi connectivity index (χ0v) is 26.2. The van der Waals surface area contributed by atoms with Gasteiger partial charge in [-0.2, -0.15) is 0 Å². The normalized spacial score (nSPS) is 18.9. The third kappa shape index (κ3) is 7.93. The van der Waals surface area contributed by atoms with Crippen molar-refractivity contribution in [3.63, 3.8) is 0 Å². The number of hydrogen-bond donors (Lipinski definition) is 3. The van der Waals surface area contributed by atoms with Crippen molar-refractivity contribution in [3.8, 4) is 0 Å². The van der Waals surface area contributed by atoms with E-state index >= 15 is 0 Å². The van der Waals surface area contributed by atoms with Gasteiger partial charge in [-0.1, -0.05) is 35.9 Å². The Morgan fingerprint density at radius 3 is 2.42 bits per heavy atom. The summed E-state index contributed by atoms with van der Waals surface area (Å²) >= 11 is 6.12. The molecule has 0 bridgehead atoms. The molecule has 2 aromatic rings. The Morgan fingerprint density at radius 2 is 1.74 bits per heavy atom. The third-order valence-corrected chi connectivity index (χ3v) is 8.76. The van der Waals surface area contributed by atoms with Crippen LogP contribution in [0.25, 0.3) is 0 Å². The number of nitrogens with two attached hydrogens (primary N) is 1. The SMILES string of the molecule is Cc1cc(NC(=O)[C@H](CCN)NC(=O)[C@@H]2Cc3ccccc3CN2C(=O)CCC(=O)N2CCN(C)CC2(C)C)ccc1Cl. The second-order valence-electron chi connectivity index (χ2n) is 12.2. The highest BCUT2D eigenvalue weighted by Gasteiger charge is 2.38. The van der Waals surface area contributed by atoms with Gasteiger partial charge in [0.15, 0.2) is 0 Å². The van der Waals surface area contributed by atoms with Crippen LogP contribution in [0.2, 0.25) is 5.02 Å². The quantitative estimate of drug-likeness (QED) is 0.401. The highest BCUT2D eigenvalue weighted by molar-refractivity contribution is 6.31. The van der Waals surface area contributed by atoms with E-state index in [0.717, 1.165) is 29.8 Å². The topological polar surface area (TPSA) is 128 Å². The summed E-state index contributed by atoms with van der Waals surface area (Å²) in [6, 6.07) is 11.1. The van der Waals surface area contributed by atoms with Crippen molar-refractivity contribution in [2.24, 2.45) is 5.73 Å². The fourth-order valence-corrected chi connectivity index (χ4v) is 6.15.